The number of carbonyl (C=O) groups excluding carboxylic acids is 1. The Bertz CT molecular complexity index is 964. The molecule has 2 aromatic rings. The number of carbonyl (C=O) groups is 1. The fourth-order valence-corrected chi connectivity index (χ4v) is 4.63. The van der Waals surface area contributed by atoms with E-state index in [9.17, 15) is 4.79 Å². The van der Waals surface area contributed by atoms with Crippen molar-refractivity contribution < 1.29 is 23.7 Å². The van der Waals surface area contributed by atoms with Crippen molar-refractivity contribution in [3.8, 4) is 0 Å². The third-order valence-electron chi connectivity index (χ3n) is 6.08. The Morgan fingerprint density at radius 1 is 1.03 bits per heavy atom. The van der Waals surface area contributed by atoms with Gasteiger partial charge in [-0.15, -0.1) is 0 Å². The number of amides is 1. The number of hydrogen-bond acceptors (Lipinski definition) is 7. The molecule has 0 spiro atoms. The highest BCUT2D eigenvalue weighted by atomic mass is 16.7. The van der Waals surface area contributed by atoms with Gasteiger partial charge in [-0.1, -0.05) is 65.9 Å². The highest BCUT2D eigenvalue weighted by Crippen LogP contribution is 2.50. The van der Waals surface area contributed by atoms with Gasteiger partial charge in [0.2, 0.25) is 0 Å². The van der Waals surface area contributed by atoms with Gasteiger partial charge in [0, 0.05) is 6.42 Å². The van der Waals surface area contributed by atoms with Crippen LogP contribution in [0.15, 0.2) is 71.0 Å². The van der Waals surface area contributed by atoms with E-state index < -0.39 is 23.6 Å². The maximum Gasteiger partial charge on any atom is 0.432 e. The minimum absolute atomic E-state index is 0.311. The molecule has 0 aliphatic carbocycles. The molecule has 2 saturated heterocycles. The van der Waals surface area contributed by atoms with E-state index in [1.54, 1.807) is 0 Å². The maximum atomic E-state index is 12.7. The first-order valence-electron chi connectivity index (χ1n) is 11.3. The number of rotatable bonds is 6. The Labute approximate surface area is 193 Å². The predicted molar refractivity (Wildman–Crippen MR) is 119 cm³/mol. The van der Waals surface area contributed by atoms with Crippen LogP contribution in [0.3, 0.4) is 0 Å². The van der Waals surface area contributed by atoms with Gasteiger partial charge in [-0.3, -0.25) is 0 Å². The smallest absolute Gasteiger partial charge is 0.432 e. The van der Waals surface area contributed by atoms with Crippen LogP contribution in [0.25, 0.3) is 0 Å². The van der Waals surface area contributed by atoms with E-state index >= 15 is 0 Å². The van der Waals surface area contributed by atoms with Crippen LogP contribution in [-0.4, -0.2) is 46.8 Å². The van der Waals surface area contributed by atoms with Crippen LogP contribution >= 0.6 is 0 Å². The molecule has 2 fully saturated rings. The first kappa shape index (κ1) is 22.0. The van der Waals surface area contributed by atoms with Crippen LogP contribution in [0.4, 0.5) is 4.79 Å². The Morgan fingerprint density at radius 2 is 1.61 bits per heavy atom. The Morgan fingerprint density at radius 3 is 2.15 bits per heavy atom. The number of benzene rings is 2. The summed E-state index contributed by atoms with van der Waals surface area (Å²) in [6, 6.07) is 19.2. The molecule has 4 unspecified atom stereocenters. The first-order valence-corrected chi connectivity index (χ1v) is 11.3. The summed E-state index contributed by atoms with van der Waals surface area (Å²) >= 11 is 0. The minimum atomic E-state index is -0.986. The van der Waals surface area contributed by atoms with Crippen molar-refractivity contribution in [2.45, 2.75) is 76.1 Å². The van der Waals surface area contributed by atoms with Crippen molar-refractivity contribution in [3.63, 3.8) is 0 Å². The van der Waals surface area contributed by atoms with Crippen molar-refractivity contribution in [1.29, 1.82) is 0 Å². The van der Waals surface area contributed by atoms with E-state index in [1.165, 1.54) is 5.01 Å². The molecular weight excluding hydrogens is 422 g/mol. The predicted octanol–water partition coefficient (Wildman–Crippen LogP) is 4.64. The van der Waals surface area contributed by atoms with Crippen LogP contribution in [-0.2, 0) is 32.2 Å². The molecule has 0 radical (unpaired) electrons. The monoisotopic (exact) mass is 451 g/mol. The van der Waals surface area contributed by atoms with E-state index in [4.69, 9.17) is 18.9 Å². The van der Waals surface area contributed by atoms with E-state index in [-0.39, 0.29) is 18.2 Å². The van der Waals surface area contributed by atoms with Gasteiger partial charge in [0.05, 0.1) is 19.3 Å². The molecule has 5 rings (SSSR count). The number of hydrogen-bond donors (Lipinski definition) is 0. The first-order chi connectivity index (χ1) is 15.8. The lowest BCUT2D eigenvalue weighted by molar-refractivity contribution is -0.274. The highest BCUT2D eigenvalue weighted by molar-refractivity contribution is 5.68. The lowest BCUT2D eigenvalue weighted by Gasteiger charge is -2.39. The average molecular weight is 452 g/mol. The lowest BCUT2D eigenvalue weighted by Crippen LogP contribution is -2.57. The number of nitrogens with zero attached hydrogens (tertiary/aromatic N) is 3. The SMILES string of the molecule is CC(C)(C)OC(=O)N1N=NC2C1C1CC(OCc3ccccc3)(OCc3ccccc3)C2O1. The second-order valence-electron chi connectivity index (χ2n) is 9.67. The Balaban J connectivity index is 1.35. The second kappa shape index (κ2) is 8.52. The summed E-state index contributed by atoms with van der Waals surface area (Å²) in [6.07, 6.45) is -0.830. The third kappa shape index (κ3) is 4.38. The molecule has 174 valence electrons. The second-order valence-corrected chi connectivity index (χ2v) is 9.67. The third-order valence-corrected chi connectivity index (χ3v) is 6.08. The molecule has 3 heterocycles. The molecule has 0 saturated carbocycles. The van der Waals surface area contributed by atoms with E-state index in [2.05, 4.69) is 10.3 Å². The molecule has 1 amide bonds. The number of ether oxygens (including phenoxy) is 4. The fraction of sp³-hybridized carbons (Fsp3) is 0.480. The molecule has 8 nitrogen and oxygen atoms in total. The van der Waals surface area contributed by atoms with Gasteiger partial charge in [0.15, 0.2) is 5.79 Å². The molecule has 2 aromatic carbocycles. The van der Waals surface area contributed by atoms with Gasteiger partial charge >= 0.3 is 6.09 Å². The number of fused-ring (bicyclic) bond motifs is 5. The topological polar surface area (TPSA) is 82.0 Å². The summed E-state index contributed by atoms with van der Waals surface area (Å²) in [5, 5.41) is 9.84. The average Bonchev–Trinajstić information content (AvgIpc) is 3.48. The Hall–Kier alpha value is -2.81. The zero-order valence-electron chi connectivity index (χ0n) is 19.1. The standard InChI is InChI=1S/C25H29N3O5/c1-24(2,3)33-23(29)28-21-19-14-25(22(32-19)20(21)26-27-28,30-15-17-10-6-4-7-11-17)31-16-18-12-8-5-9-13-18/h4-13,19-22H,14-16H2,1-3H3. The van der Waals surface area contributed by atoms with Crippen LogP contribution in [0.1, 0.15) is 38.3 Å². The fourth-order valence-electron chi connectivity index (χ4n) is 4.63. The molecule has 3 aliphatic rings. The van der Waals surface area contributed by atoms with Crippen molar-refractivity contribution in [2.24, 2.45) is 10.3 Å². The molecule has 8 heteroatoms. The van der Waals surface area contributed by atoms with Gasteiger partial charge in [-0.2, -0.15) is 10.1 Å². The zero-order valence-corrected chi connectivity index (χ0v) is 19.1. The largest absolute Gasteiger partial charge is 0.442 e. The van der Waals surface area contributed by atoms with Crippen LogP contribution in [0.2, 0.25) is 0 Å². The van der Waals surface area contributed by atoms with Gasteiger partial charge in [0.25, 0.3) is 0 Å². The van der Waals surface area contributed by atoms with E-state index in [0.717, 1.165) is 11.1 Å². The van der Waals surface area contributed by atoms with Crippen molar-refractivity contribution in [3.05, 3.63) is 71.8 Å². The highest BCUT2D eigenvalue weighted by Gasteiger charge is 2.68. The van der Waals surface area contributed by atoms with Gasteiger partial charge in [-0.05, 0) is 31.9 Å². The van der Waals surface area contributed by atoms with E-state index in [1.807, 2.05) is 81.4 Å². The van der Waals surface area contributed by atoms with Gasteiger partial charge in [-0.25, -0.2) is 4.79 Å². The summed E-state index contributed by atoms with van der Waals surface area (Å²) < 4.78 is 24.7. The summed E-state index contributed by atoms with van der Waals surface area (Å²) in [5.74, 6) is -0.986. The van der Waals surface area contributed by atoms with Crippen molar-refractivity contribution in [2.75, 3.05) is 0 Å². The lowest BCUT2D eigenvalue weighted by atomic mass is 9.86. The summed E-state index contributed by atoms with van der Waals surface area (Å²) in [4.78, 5) is 12.7. The zero-order chi connectivity index (χ0) is 23.1. The molecule has 4 atom stereocenters. The molecule has 3 aliphatic heterocycles. The van der Waals surface area contributed by atoms with Crippen LogP contribution in [0, 0.1) is 0 Å². The maximum absolute atomic E-state index is 12.7. The molecule has 33 heavy (non-hydrogen) atoms. The van der Waals surface area contributed by atoms with Crippen molar-refractivity contribution in [1.82, 2.24) is 5.01 Å². The summed E-state index contributed by atoms with van der Waals surface area (Å²) in [5.41, 5.74) is 1.47. The van der Waals surface area contributed by atoms with Crippen LogP contribution in [0.5, 0.6) is 0 Å². The summed E-state index contributed by atoms with van der Waals surface area (Å²) in [7, 11) is 0. The van der Waals surface area contributed by atoms with E-state index in [0.29, 0.717) is 19.6 Å². The van der Waals surface area contributed by atoms with Crippen LogP contribution < -0.4 is 0 Å². The molecule has 0 aromatic heterocycles. The molecular formula is C25H29N3O5. The molecule has 2 bridgehead atoms. The minimum Gasteiger partial charge on any atom is -0.442 e. The summed E-state index contributed by atoms with van der Waals surface area (Å²) in [6.45, 7) is 6.24. The Kier molecular flexibility index (Phi) is 5.68. The molecule has 0 N–H and O–H groups in total. The van der Waals surface area contributed by atoms with Gasteiger partial charge < -0.3 is 18.9 Å². The normalized spacial score (nSPS) is 27.1. The quantitative estimate of drug-likeness (QED) is 0.598. The van der Waals surface area contributed by atoms with Crippen molar-refractivity contribution >= 4 is 6.09 Å². The van der Waals surface area contributed by atoms with Gasteiger partial charge in [0.1, 0.15) is 23.8 Å².